The van der Waals surface area contributed by atoms with E-state index in [9.17, 15) is 0 Å². The van der Waals surface area contributed by atoms with Gasteiger partial charge in [0.15, 0.2) is 0 Å². The second-order valence-electron chi connectivity index (χ2n) is 15.6. The lowest BCUT2D eigenvalue weighted by molar-refractivity contribution is 0.627. The third-order valence-corrected chi connectivity index (χ3v) is 12.2. The summed E-state index contributed by atoms with van der Waals surface area (Å²) in [5, 5.41) is 4.88. The number of nitrogens with zero attached hydrogens (tertiary/aromatic N) is 1. The van der Waals surface area contributed by atoms with Crippen LogP contribution in [-0.4, -0.2) is 0 Å². The fourth-order valence-electron chi connectivity index (χ4n) is 9.46. The zero-order valence-electron chi connectivity index (χ0n) is 32.2. The lowest BCUT2D eigenvalue weighted by Crippen LogP contribution is -2.10. The summed E-state index contributed by atoms with van der Waals surface area (Å²) in [6.07, 6.45) is 2.99. The molecule has 0 bridgehead atoms. The number of rotatable bonds is 7. The van der Waals surface area contributed by atoms with E-state index in [1.54, 1.807) is 0 Å². The van der Waals surface area contributed by atoms with Gasteiger partial charge >= 0.3 is 0 Å². The molecule has 1 heterocycles. The van der Waals surface area contributed by atoms with Crippen molar-refractivity contribution in [1.82, 2.24) is 0 Å². The molecule has 1 aromatic heterocycles. The molecule has 0 radical (unpaired) electrons. The maximum Gasteiger partial charge on any atom is 0.136 e. The Kier molecular flexibility index (Phi) is 8.47. The van der Waals surface area contributed by atoms with E-state index in [4.69, 9.17) is 4.42 Å². The van der Waals surface area contributed by atoms with E-state index in [0.717, 1.165) is 47.5 Å². The Balaban J connectivity index is 0.986. The SMILES string of the molecule is c1ccc(-c2ccc(N(c3ccccc3)c3ccc(CC4CCc5cc6oc7ccccc7c6c(-c6cccc7ccccc67)c5-c5ccccc54)cc3)cc2)cc1. The van der Waals surface area contributed by atoms with Gasteiger partial charge in [-0.3, -0.25) is 0 Å². The van der Waals surface area contributed by atoms with Crippen LogP contribution in [0.15, 0.2) is 211 Å². The molecule has 0 saturated carbocycles. The molecule has 10 aromatic rings. The number of furan rings is 1. The van der Waals surface area contributed by atoms with Crippen molar-refractivity contribution in [2.45, 2.75) is 25.2 Å². The number of hydrogen-bond acceptors (Lipinski definition) is 2. The second-order valence-corrected chi connectivity index (χ2v) is 15.6. The maximum atomic E-state index is 6.66. The lowest BCUT2D eigenvalue weighted by atomic mass is 9.83. The number of fused-ring (bicyclic) bond motifs is 7. The minimum absolute atomic E-state index is 0.355. The van der Waals surface area contributed by atoms with Gasteiger partial charge in [-0.05, 0) is 129 Å². The van der Waals surface area contributed by atoms with Crippen molar-refractivity contribution < 1.29 is 4.42 Å². The molecular weight excluding hydrogens is 703 g/mol. The molecule has 2 nitrogen and oxygen atoms in total. The van der Waals surface area contributed by atoms with E-state index in [2.05, 4.69) is 211 Å². The van der Waals surface area contributed by atoms with Crippen LogP contribution in [0.5, 0.6) is 0 Å². The summed E-state index contributed by atoms with van der Waals surface area (Å²) in [5.41, 5.74) is 17.1. The van der Waals surface area contributed by atoms with Crippen LogP contribution in [0.4, 0.5) is 17.1 Å². The van der Waals surface area contributed by atoms with E-state index in [1.807, 2.05) is 0 Å². The minimum Gasteiger partial charge on any atom is -0.456 e. The van der Waals surface area contributed by atoms with Gasteiger partial charge in [0.2, 0.25) is 0 Å². The number of anilines is 3. The van der Waals surface area contributed by atoms with Gasteiger partial charge in [-0.15, -0.1) is 0 Å². The van der Waals surface area contributed by atoms with Crippen molar-refractivity contribution in [3.8, 4) is 33.4 Å². The van der Waals surface area contributed by atoms with Gasteiger partial charge in [-0.1, -0.05) is 158 Å². The molecule has 0 fully saturated rings. The first-order valence-corrected chi connectivity index (χ1v) is 20.4. The highest BCUT2D eigenvalue weighted by atomic mass is 16.3. The molecule has 0 amide bonds. The molecule has 276 valence electrons. The van der Waals surface area contributed by atoms with Crippen LogP contribution < -0.4 is 4.90 Å². The van der Waals surface area contributed by atoms with Crippen LogP contribution >= 0.6 is 0 Å². The van der Waals surface area contributed by atoms with Crippen LogP contribution in [0.1, 0.15) is 29.0 Å². The monoisotopic (exact) mass is 743 g/mol. The molecule has 9 aromatic carbocycles. The second kappa shape index (κ2) is 14.4. The average molecular weight is 744 g/mol. The average Bonchev–Trinajstić information content (AvgIpc) is 3.59. The maximum absolute atomic E-state index is 6.66. The minimum atomic E-state index is 0.355. The molecule has 58 heavy (non-hydrogen) atoms. The predicted molar refractivity (Wildman–Crippen MR) is 243 cm³/mol. The topological polar surface area (TPSA) is 16.4 Å². The normalized spacial score (nSPS) is 13.6. The Morgan fingerprint density at radius 1 is 0.466 bits per heavy atom. The molecule has 1 aliphatic carbocycles. The van der Waals surface area contributed by atoms with Crippen molar-refractivity contribution in [3.05, 3.63) is 223 Å². The smallest absolute Gasteiger partial charge is 0.136 e. The van der Waals surface area contributed by atoms with Crippen molar-refractivity contribution in [1.29, 1.82) is 0 Å². The van der Waals surface area contributed by atoms with E-state index in [1.165, 1.54) is 71.6 Å². The third-order valence-electron chi connectivity index (χ3n) is 12.2. The lowest BCUT2D eigenvalue weighted by Gasteiger charge is -2.26. The molecule has 11 rings (SSSR count). The van der Waals surface area contributed by atoms with E-state index in [0.29, 0.717) is 5.92 Å². The molecule has 0 N–H and O–H groups in total. The largest absolute Gasteiger partial charge is 0.456 e. The van der Waals surface area contributed by atoms with Gasteiger partial charge in [0.25, 0.3) is 0 Å². The molecule has 1 unspecified atom stereocenters. The van der Waals surface area contributed by atoms with Crippen LogP contribution in [-0.2, 0) is 12.8 Å². The summed E-state index contributed by atoms with van der Waals surface area (Å²) in [7, 11) is 0. The Hall–Kier alpha value is -7.16. The summed E-state index contributed by atoms with van der Waals surface area (Å²) in [4.78, 5) is 2.35. The standard InChI is InChI=1S/C56H41NO/c1-3-14-39(15-4-1)40-30-34-46(35-31-40)57(44-18-5-2-6-19-44)45-32-26-38(27-33-45)36-42-28-29-43-37-53-55(51-23-11-12-25-52(51)58-53)56(54(43)49-22-10-9-21-48(42)49)50-24-13-17-41-16-7-8-20-47(41)50/h1-27,30-35,37,42H,28-29,36H2. The zero-order valence-corrected chi connectivity index (χ0v) is 32.2. The van der Waals surface area contributed by atoms with Crippen LogP contribution in [0.3, 0.4) is 0 Å². The highest BCUT2D eigenvalue weighted by Crippen LogP contribution is 2.50. The van der Waals surface area contributed by atoms with Crippen LogP contribution in [0.25, 0.3) is 66.1 Å². The summed E-state index contributed by atoms with van der Waals surface area (Å²) in [6, 6.07) is 75.0. The first-order chi connectivity index (χ1) is 28.8. The fraction of sp³-hybridized carbons (Fsp3) is 0.0714. The Labute approximate surface area is 339 Å². The van der Waals surface area contributed by atoms with Crippen LogP contribution in [0, 0.1) is 0 Å². The number of para-hydroxylation sites is 2. The van der Waals surface area contributed by atoms with Gasteiger partial charge in [0, 0.05) is 33.4 Å². The molecule has 1 atom stereocenters. The number of hydrogen-bond donors (Lipinski definition) is 0. The Bertz CT molecular complexity index is 3070. The fourth-order valence-corrected chi connectivity index (χ4v) is 9.46. The van der Waals surface area contributed by atoms with Gasteiger partial charge in [-0.25, -0.2) is 0 Å². The Morgan fingerprint density at radius 3 is 1.88 bits per heavy atom. The Morgan fingerprint density at radius 2 is 1.07 bits per heavy atom. The van der Waals surface area contributed by atoms with Gasteiger partial charge < -0.3 is 9.32 Å². The van der Waals surface area contributed by atoms with Gasteiger partial charge in [-0.2, -0.15) is 0 Å². The van der Waals surface area contributed by atoms with E-state index < -0.39 is 0 Å². The van der Waals surface area contributed by atoms with Crippen molar-refractivity contribution in [2.75, 3.05) is 4.90 Å². The molecule has 0 saturated heterocycles. The third kappa shape index (κ3) is 5.97. The highest BCUT2D eigenvalue weighted by molar-refractivity contribution is 6.19. The summed E-state index contributed by atoms with van der Waals surface area (Å²) in [5.74, 6) is 0.355. The van der Waals surface area contributed by atoms with Crippen LogP contribution in [0.2, 0.25) is 0 Å². The quantitative estimate of drug-likeness (QED) is 0.162. The van der Waals surface area contributed by atoms with E-state index in [-0.39, 0.29) is 0 Å². The van der Waals surface area contributed by atoms with Crippen molar-refractivity contribution >= 4 is 49.8 Å². The first-order valence-electron chi connectivity index (χ1n) is 20.4. The molecule has 0 aliphatic heterocycles. The number of aryl methyl sites for hydroxylation is 1. The molecule has 1 aliphatic rings. The van der Waals surface area contributed by atoms with E-state index >= 15 is 0 Å². The highest BCUT2D eigenvalue weighted by Gasteiger charge is 2.29. The summed E-state index contributed by atoms with van der Waals surface area (Å²) >= 11 is 0. The summed E-state index contributed by atoms with van der Waals surface area (Å²) < 4.78 is 6.66. The van der Waals surface area contributed by atoms with Gasteiger partial charge in [0.05, 0.1) is 0 Å². The van der Waals surface area contributed by atoms with Gasteiger partial charge in [0.1, 0.15) is 11.2 Å². The molecular formula is C56H41NO. The van der Waals surface area contributed by atoms with Crippen molar-refractivity contribution in [2.24, 2.45) is 0 Å². The molecule has 0 spiro atoms. The first kappa shape index (κ1) is 34.1. The zero-order chi connectivity index (χ0) is 38.4. The predicted octanol–water partition coefficient (Wildman–Crippen LogP) is 15.5. The van der Waals surface area contributed by atoms with Crippen molar-refractivity contribution in [3.63, 3.8) is 0 Å². The number of benzene rings is 9. The summed E-state index contributed by atoms with van der Waals surface area (Å²) in [6.45, 7) is 0. The molecule has 2 heteroatoms.